The van der Waals surface area contributed by atoms with E-state index < -0.39 is 18.2 Å². The van der Waals surface area contributed by atoms with Crippen LogP contribution in [0.15, 0.2) is 41.2 Å². The number of imide groups is 1. The van der Waals surface area contributed by atoms with E-state index in [9.17, 15) is 9.59 Å². The Morgan fingerprint density at radius 1 is 1.22 bits per heavy atom. The quantitative estimate of drug-likeness (QED) is 0.771. The van der Waals surface area contributed by atoms with Gasteiger partial charge in [0, 0.05) is 37.7 Å². The number of hydrogen-bond acceptors (Lipinski definition) is 6. The number of carbonyl (C=O) groups excluding carboxylic acids is 2. The Kier molecular flexibility index (Phi) is 4.25. The molecule has 1 fully saturated rings. The van der Waals surface area contributed by atoms with Crippen molar-refractivity contribution in [2.75, 3.05) is 25.5 Å². The van der Waals surface area contributed by atoms with Crippen LogP contribution in [0.5, 0.6) is 0 Å². The van der Waals surface area contributed by atoms with Gasteiger partial charge in [-0.05, 0) is 31.9 Å². The highest BCUT2D eigenvalue weighted by Gasteiger charge is 2.51. The molecule has 0 aliphatic carbocycles. The number of urea groups is 1. The fourth-order valence-corrected chi connectivity index (χ4v) is 3.76. The highest BCUT2D eigenvalue weighted by atomic mass is 16.2. The summed E-state index contributed by atoms with van der Waals surface area (Å²) in [6, 6.07) is 7.33. The van der Waals surface area contributed by atoms with Crippen molar-refractivity contribution in [1.29, 1.82) is 0 Å². The van der Waals surface area contributed by atoms with Gasteiger partial charge >= 0.3 is 6.03 Å². The van der Waals surface area contributed by atoms with Crippen molar-refractivity contribution in [3.05, 3.63) is 41.7 Å². The van der Waals surface area contributed by atoms with E-state index in [4.69, 9.17) is 0 Å². The molecule has 0 bridgehead atoms. The van der Waals surface area contributed by atoms with Crippen LogP contribution in [-0.2, 0) is 4.79 Å². The second-order valence-electron chi connectivity index (χ2n) is 7.12. The summed E-state index contributed by atoms with van der Waals surface area (Å²) >= 11 is 0. The predicted octanol–water partition coefficient (Wildman–Crippen LogP) is 1.52. The lowest BCUT2D eigenvalue weighted by Crippen LogP contribution is -2.62. The summed E-state index contributed by atoms with van der Waals surface area (Å²) in [7, 11) is 1.67. The number of guanidine groups is 1. The van der Waals surface area contributed by atoms with Crippen LogP contribution in [0.4, 0.5) is 10.5 Å². The highest BCUT2D eigenvalue weighted by Crippen LogP contribution is 2.31. The largest absolute Gasteiger partial charge is 0.385 e. The second-order valence-corrected chi connectivity index (χ2v) is 7.12. The zero-order valence-corrected chi connectivity index (χ0v) is 15.8. The van der Waals surface area contributed by atoms with Crippen molar-refractivity contribution < 1.29 is 9.59 Å². The number of aryl methyl sites for hydroxylation is 1. The van der Waals surface area contributed by atoms with Gasteiger partial charge in [0.2, 0.25) is 5.96 Å². The number of anilines is 1. The highest BCUT2D eigenvalue weighted by molar-refractivity contribution is 6.04. The minimum absolute atomic E-state index is 0.297. The lowest BCUT2D eigenvalue weighted by Gasteiger charge is -2.34. The zero-order chi connectivity index (χ0) is 19.1. The van der Waals surface area contributed by atoms with Crippen LogP contribution in [0.3, 0.4) is 0 Å². The molecule has 2 N–H and O–H groups in total. The van der Waals surface area contributed by atoms with Gasteiger partial charge < -0.3 is 20.0 Å². The Hall–Kier alpha value is -3.03. The smallest absolute Gasteiger partial charge is 0.325 e. The molecule has 3 heterocycles. The summed E-state index contributed by atoms with van der Waals surface area (Å²) < 4.78 is 0. The molecule has 2 unspecified atom stereocenters. The van der Waals surface area contributed by atoms with Gasteiger partial charge in [0.05, 0.1) is 0 Å². The molecule has 4 rings (SSSR count). The number of para-hydroxylation sites is 1. The number of fused-ring (bicyclic) bond motifs is 3. The SMILES string of the molecule is CC1=CN2C(=NC3C2C(=O)NC(=O)N3C)N1CCCNc1ccccc1C. The molecule has 0 aromatic heterocycles. The van der Waals surface area contributed by atoms with E-state index in [1.807, 2.05) is 30.2 Å². The average Bonchev–Trinajstić information content (AvgIpc) is 3.14. The van der Waals surface area contributed by atoms with E-state index in [0.717, 1.165) is 36.9 Å². The van der Waals surface area contributed by atoms with Gasteiger partial charge in [-0.25, -0.2) is 9.79 Å². The molecular weight excluding hydrogens is 344 g/mol. The number of nitrogens with zero attached hydrogens (tertiary/aromatic N) is 4. The van der Waals surface area contributed by atoms with Crippen LogP contribution < -0.4 is 10.6 Å². The first-order chi connectivity index (χ1) is 13.0. The fourth-order valence-electron chi connectivity index (χ4n) is 3.76. The van der Waals surface area contributed by atoms with E-state index in [1.165, 1.54) is 10.5 Å². The summed E-state index contributed by atoms with van der Waals surface area (Å²) in [6.07, 6.45) is 2.39. The van der Waals surface area contributed by atoms with Crippen molar-refractivity contribution in [2.24, 2.45) is 4.99 Å². The monoisotopic (exact) mass is 368 g/mol. The number of amides is 3. The van der Waals surface area contributed by atoms with E-state index >= 15 is 0 Å². The molecule has 8 heteroatoms. The molecule has 0 spiro atoms. The molecule has 142 valence electrons. The third kappa shape index (κ3) is 2.90. The number of nitrogens with one attached hydrogen (secondary N) is 2. The lowest BCUT2D eigenvalue weighted by atomic mass is 10.1. The molecule has 3 aliphatic rings. The van der Waals surface area contributed by atoms with Crippen LogP contribution in [0.2, 0.25) is 0 Å². The van der Waals surface area contributed by atoms with Gasteiger partial charge in [-0.1, -0.05) is 18.2 Å². The van der Waals surface area contributed by atoms with Crippen molar-refractivity contribution in [3.8, 4) is 0 Å². The first-order valence-electron chi connectivity index (χ1n) is 9.16. The molecule has 1 aromatic carbocycles. The van der Waals surface area contributed by atoms with Gasteiger partial charge in [0.15, 0.2) is 12.2 Å². The molecule has 1 aromatic rings. The number of allylic oxidation sites excluding steroid dienone is 1. The molecule has 27 heavy (non-hydrogen) atoms. The van der Waals surface area contributed by atoms with Crippen molar-refractivity contribution in [2.45, 2.75) is 32.5 Å². The van der Waals surface area contributed by atoms with Gasteiger partial charge in [-0.2, -0.15) is 0 Å². The number of hydrogen-bond donors (Lipinski definition) is 2. The Morgan fingerprint density at radius 2 is 2.00 bits per heavy atom. The van der Waals surface area contributed by atoms with Crippen LogP contribution in [0.1, 0.15) is 18.9 Å². The Morgan fingerprint density at radius 3 is 2.78 bits per heavy atom. The summed E-state index contributed by atoms with van der Waals surface area (Å²) in [4.78, 5) is 34.3. The summed E-state index contributed by atoms with van der Waals surface area (Å²) in [5, 5.41) is 5.86. The van der Waals surface area contributed by atoms with Crippen LogP contribution in [0, 0.1) is 6.92 Å². The minimum atomic E-state index is -0.493. The predicted molar refractivity (Wildman–Crippen MR) is 103 cm³/mol. The van der Waals surface area contributed by atoms with Crippen molar-refractivity contribution in [3.63, 3.8) is 0 Å². The molecule has 0 saturated carbocycles. The number of likely N-dealkylation sites (N-methyl/N-ethyl adjacent to an activating group) is 1. The Labute approximate surface area is 158 Å². The number of benzene rings is 1. The molecule has 3 amide bonds. The Balaban J connectivity index is 1.41. The maximum Gasteiger partial charge on any atom is 0.325 e. The van der Waals surface area contributed by atoms with Crippen molar-refractivity contribution in [1.82, 2.24) is 20.0 Å². The maximum absolute atomic E-state index is 12.3. The molecule has 1 saturated heterocycles. The third-order valence-electron chi connectivity index (χ3n) is 5.29. The normalized spacial score (nSPS) is 23.7. The van der Waals surface area contributed by atoms with Gasteiger partial charge in [-0.15, -0.1) is 0 Å². The van der Waals surface area contributed by atoms with E-state index in [0.29, 0.717) is 0 Å². The number of rotatable bonds is 5. The molecule has 2 atom stereocenters. The minimum Gasteiger partial charge on any atom is -0.385 e. The van der Waals surface area contributed by atoms with Gasteiger partial charge in [0.1, 0.15) is 0 Å². The standard InChI is InChI=1S/C19H24N6O2/c1-12-7-4-5-8-14(12)20-9-6-10-24-13(2)11-25-15-16(21-18(24)25)23(3)19(27)22-17(15)26/h4-5,7-8,11,15-16,20H,6,9-10H2,1-3H3,(H,22,26,27). The topological polar surface area (TPSA) is 80.3 Å². The zero-order valence-electron chi connectivity index (χ0n) is 15.8. The summed E-state index contributed by atoms with van der Waals surface area (Å²) in [5.41, 5.74) is 3.42. The van der Waals surface area contributed by atoms with Gasteiger partial charge in [-0.3, -0.25) is 10.1 Å². The van der Waals surface area contributed by atoms with Crippen LogP contribution in [-0.4, -0.2) is 64.9 Å². The van der Waals surface area contributed by atoms with Crippen molar-refractivity contribution >= 4 is 23.6 Å². The molecule has 3 aliphatic heterocycles. The number of aliphatic imine (C=N–C) groups is 1. The Bertz CT molecular complexity index is 848. The van der Waals surface area contributed by atoms with E-state index in [-0.39, 0.29) is 5.91 Å². The van der Waals surface area contributed by atoms with Crippen LogP contribution in [0.25, 0.3) is 0 Å². The first kappa shape index (κ1) is 17.4. The average molecular weight is 368 g/mol. The van der Waals surface area contributed by atoms with E-state index in [2.05, 4.69) is 39.6 Å². The second kappa shape index (κ2) is 6.61. The lowest BCUT2D eigenvalue weighted by molar-refractivity contribution is -0.126. The fraction of sp³-hybridized carbons (Fsp3) is 0.421. The maximum atomic E-state index is 12.3. The number of carbonyl (C=O) groups is 2. The summed E-state index contributed by atoms with van der Waals surface area (Å²) in [5.74, 6) is 0.448. The third-order valence-corrected chi connectivity index (χ3v) is 5.29. The van der Waals surface area contributed by atoms with E-state index in [1.54, 1.807) is 7.05 Å². The molecule has 0 radical (unpaired) electrons. The molecular formula is C19H24N6O2. The summed E-state index contributed by atoms with van der Waals surface area (Å²) in [6.45, 7) is 5.73. The van der Waals surface area contributed by atoms with Crippen LogP contribution >= 0.6 is 0 Å². The molecule has 8 nitrogen and oxygen atoms in total. The van der Waals surface area contributed by atoms with Gasteiger partial charge in [0.25, 0.3) is 5.91 Å². The first-order valence-corrected chi connectivity index (χ1v) is 9.16.